The van der Waals surface area contributed by atoms with Gasteiger partial charge in [-0.2, -0.15) is 0 Å². The van der Waals surface area contributed by atoms with E-state index in [-0.39, 0.29) is 0 Å². The summed E-state index contributed by atoms with van der Waals surface area (Å²) >= 11 is 0. The second kappa shape index (κ2) is 5.26. The molecule has 0 fully saturated rings. The van der Waals surface area contributed by atoms with Gasteiger partial charge in [-0.25, -0.2) is 0 Å². The second-order valence-electron chi connectivity index (χ2n) is 3.39. The molecule has 0 aliphatic heterocycles. The average molecular weight is 217 g/mol. The minimum Gasteiger partial charge on any atom is -0.494 e. The van der Waals surface area contributed by atoms with Gasteiger partial charge < -0.3 is 14.5 Å². The SMILES string of the molecule is CCOc1ccc(NCc2ccco2)cc1. The summed E-state index contributed by atoms with van der Waals surface area (Å²) in [7, 11) is 0. The van der Waals surface area contributed by atoms with E-state index in [0.29, 0.717) is 13.2 Å². The maximum Gasteiger partial charge on any atom is 0.122 e. The Kier molecular flexibility index (Phi) is 3.49. The van der Waals surface area contributed by atoms with Crippen LogP contribution in [0.15, 0.2) is 47.1 Å². The molecule has 3 heteroatoms. The fraction of sp³-hybridized carbons (Fsp3) is 0.231. The molecule has 0 saturated heterocycles. The lowest BCUT2D eigenvalue weighted by molar-refractivity contribution is 0.340. The Bertz CT molecular complexity index is 406. The number of anilines is 1. The average Bonchev–Trinajstić information content (AvgIpc) is 2.82. The number of furan rings is 1. The second-order valence-corrected chi connectivity index (χ2v) is 3.39. The molecule has 84 valence electrons. The Morgan fingerprint density at radius 1 is 1.19 bits per heavy atom. The molecule has 1 N–H and O–H groups in total. The predicted molar refractivity (Wildman–Crippen MR) is 63.6 cm³/mol. The van der Waals surface area contributed by atoms with Gasteiger partial charge in [-0.05, 0) is 43.3 Å². The van der Waals surface area contributed by atoms with Crippen molar-refractivity contribution in [3.8, 4) is 5.75 Å². The monoisotopic (exact) mass is 217 g/mol. The molecular weight excluding hydrogens is 202 g/mol. The van der Waals surface area contributed by atoms with Crippen LogP contribution in [0.1, 0.15) is 12.7 Å². The Balaban J connectivity index is 1.90. The third-order valence-corrected chi connectivity index (χ3v) is 2.21. The van der Waals surface area contributed by atoms with E-state index in [1.165, 1.54) is 0 Å². The fourth-order valence-corrected chi connectivity index (χ4v) is 1.44. The molecule has 0 radical (unpaired) electrons. The summed E-state index contributed by atoms with van der Waals surface area (Å²) in [5.74, 6) is 1.82. The van der Waals surface area contributed by atoms with Crippen LogP contribution < -0.4 is 10.1 Å². The van der Waals surface area contributed by atoms with E-state index >= 15 is 0 Å². The zero-order valence-corrected chi connectivity index (χ0v) is 9.27. The zero-order chi connectivity index (χ0) is 11.2. The van der Waals surface area contributed by atoms with Crippen molar-refractivity contribution in [2.75, 3.05) is 11.9 Å². The normalized spacial score (nSPS) is 10.1. The minimum atomic E-state index is 0.694. The summed E-state index contributed by atoms with van der Waals surface area (Å²) in [5.41, 5.74) is 1.06. The topological polar surface area (TPSA) is 34.4 Å². The molecule has 0 amide bonds. The maximum atomic E-state index is 5.36. The molecule has 0 bridgehead atoms. The summed E-state index contributed by atoms with van der Waals surface area (Å²) in [6, 6.07) is 11.7. The van der Waals surface area contributed by atoms with E-state index in [4.69, 9.17) is 9.15 Å². The number of hydrogen-bond donors (Lipinski definition) is 1. The van der Waals surface area contributed by atoms with Crippen molar-refractivity contribution in [1.82, 2.24) is 0 Å². The van der Waals surface area contributed by atoms with Gasteiger partial charge in [0.1, 0.15) is 11.5 Å². The number of ether oxygens (including phenoxy) is 1. The highest BCUT2D eigenvalue weighted by atomic mass is 16.5. The van der Waals surface area contributed by atoms with E-state index in [9.17, 15) is 0 Å². The number of nitrogens with one attached hydrogen (secondary N) is 1. The van der Waals surface area contributed by atoms with Crippen LogP contribution in [0.5, 0.6) is 5.75 Å². The summed E-state index contributed by atoms with van der Waals surface area (Å²) in [6.07, 6.45) is 1.68. The van der Waals surface area contributed by atoms with Crippen LogP contribution in [0, 0.1) is 0 Å². The Labute approximate surface area is 95.0 Å². The molecule has 2 aromatic rings. The first kappa shape index (κ1) is 10.6. The van der Waals surface area contributed by atoms with E-state index in [0.717, 1.165) is 17.2 Å². The van der Waals surface area contributed by atoms with E-state index in [1.807, 2.05) is 43.3 Å². The van der Waals surface area contributed by atoms with Gasteiger partial charge >= 0.3 is 0 Å². The van der Waals surface area contributed by atoms with Gasteiger partial charge in [0.15, 0.2) is 0 Å². The third kappa shape index (κ3) is 2.79. The van der Waals surface area contributed by atoms with Gasteiger partial charge in [0.05, 0.1) is 19.4 Å². The third-order valence-electron chi connectivity index (χ3n) is 2.21. The van der Waals surface area contributed by atoms with Crippen molar-refractivity contribution in [2.24, 2.45) is 0 Å². The molecule has 0 saturated carbocycles. The Morgan fingerprint density at radius 3 is 2.62 bits per heavy atom. The van der Waals surface area contributed by atoms with Crippen LogP contribution in [0.3, 0.4) is 0 Å². The van der Waals surface area contributed by atoms with Crippen LogP contribution in [-0.2, 0) is 6.54 Å². The van der Waals surface area contributed by atoms with Crippen LogP contribution >= 0.6 is 0 Å². The molecule has 0 aliphatic carbocycles. The molecule has 1 heterocycles. The zero-order valence-electron chi connectivity index (χ0n) is 9.27. The molecular formula is C13H15NO2. The number of benzene rings is 1. The van der Waals surface area contributed by atoms with Crippen LogP contribution in [0.2, 0.25) is 0 Å². The van der Waals surface area contributed by atoms with Gasteiger partial charge in [-0.3, -0.25) is 0 Å². The molecule has 1 aromatic carbocycles. The summed E-state index contributed by atoms with van der Waals surface area (Å²) in [4.78, 5) is 0. The first-order valence-electron chi connectivity index (χ1n) is 5.37. The fourth-order valence-electron chi connectivity index (χ4n) is 1.44. The summed E-state index contributed by atoms with van der Waals surface area (Å²) in [5, 5.41) is 3.27. The number of hydrogen-bond acceptors (Lipinski definition) is 3. The highest BCUT2D eigenvalue weighted by Gasteiger charge is 1.96. The van der Waals surface area contributed by atoms with Crippen molar-refractivity contribution in [1.29, 1.82) is 0 Å². The van der Waals surface area contributed by atoms with E-state index in [2.05, 4.69) is 5.32 Å². The Hall–Kier alpha value is -1.90. The van der Waals surface area contributed by atoms with Crippen molar-refractivity contribution in [3.63, 3.8) is 0 Å². The Morgan fingerprint density at radius 2 is 2.00 bits per heavy atom. The van der Waals surface area contributed by atoms with Gasteiger partial charge in [0, 0.05) is 5.69 Å². The van der Waals surface area contributed by atoms with Crippen LogP contribution in [0.25, 0.3) is 0 Å². The van der Waals surface area contributed by atoms with Gasteiger partial charge in [0.25, 0.3) is 0 Å². The van der Waals surface area contributed by atoms with E-state index < -0.39 is 0 Å². The first-order chi connectivity index (χ1) is 7.88. The first-order valence-corrected chi connectivity index (χ1v) is 5.37. The van der Waals surface area contributed by atoms with Crippen molar-refractivity contribution >= 4 is 5.69 Å². The molecule has 2 rings (SSSR count). The lowest BCUT2D eigenvalue weighted by Gasteiger charge is -2.06. The molecule has 0 atom stereocenters. The lowest BCUT2D eigenvalue weighted by atomic mass is 10.3. The molecule has 0 unspecified atom stereocenters. The molecule has 16 heavy (non-hydrogen) atoms. The molecule has 0 aliphatic rings. The predicted octanol–water partition coefficient (Wildman–Crippen LogP) is 3.29. The highest BCUT2D eigenvalue weighted by molar-refractivity contribution is 5.46. The van der Waals surface area contributed by atoms with Crippen molar-refractivity contribution in [2.45, 2.75) is 13.5 Å². The van der Waals surface area contributed by atoms with Gasteiger partial charge in [-0.15, -0.1) is 0 Å². The number of rotatable bonds is 5. The quantitative estimate of drug-likeness (QED) is 0.834. The molecule has 3 nitrogen and oxygen atoms in total. The standard InChI is InChI=1S/C13H15NO2/c1-2-15-12-7-5-11(6-8-12)14-10-13-4-3-9-16-13/h3-9,14H,2,10H2,1H3. The van der Waals surface area contributed by atoms with Crippen LogP contribution in [0.4, 0.5) is 5.69 Å². The largest absolute Gasteiger partial charge is 0.494 e. The van der Waals surface area contributed by atoms with Gasteiger partial charge in [-0.1, -0.05) is 0 Å². The van der Waals surface area contributed by atoms with Crippen molar-refractivity contribution in [3.05, 3.63) is 48.4 Å². The minimum absolute atomic E-state index is 0.694. The van der Waals surface area contributed by atoms with Gasteiger partial charge in [0.2, 0.25) is 0 Å². The van der Waals surface area contributed by atoms with E-state index in [1.54, 1.807) is 6.26 Å². The van der Waals surface area contributed by atoms with Crippen molar-refractivity contribution < 1.29 is 9.15 Å². The lowest BCUT2D eigenvalue weighted by Crippen LogP contribution is -1.98. The summed E-state index contributed by atoms with van der Waals surface area (Å²) < 4.78 is 10.6. The molecule has 1 aromatic heterocycles. The maximum absolute atomic E-state index is 5.36. The van der Waals surface area contributed by atoms with Crippen LogP contribution in [-0.4, -0.2) is 6.61 Å². The summed E-state index contributed by atoms with van der Waals surface area (Å²) in [6.45, 7) is 3.36. The highest BCUT2D eigenvalue weighted by Crippen LogP contribution is 2.16. The smallest absolute Gasteiger partial charge is 0.122 e. The molecule has 0 spiro atoms.